The van der Waals surface area contributed by atoms with E-state index in [0.29, 0.717) is 5.56 Å². The molecule has 0 amide bonds. The normalized spacial score (nSPS) is 10.5. The van der Waals surface area contributed by atoms with Gasteiger partial charge in [-0.2, -0.15) is 0 Å². The summed E-state index contributed by atoms with van der Waals surface area (Å²) in [6.45, 7) is -0.524. The average Bonchev–Trinajstić information content (AvgIpc) is 2.27. The maximum atomic E-state index is 10.4. The largest absolute Gasteiger partial charge is 0.493 e. The van der Waals surface area contributed by atoms with E-state index >= 15 is 0 Å². The third-order valence-electron chi connectivity index (χ3n) is 1.80. The third kappa shape index (κ3) is 3.53. The van der Waals surface area contributed by atoms with E-state index in [4.69, 9.17) is 31.4 Å². The maximum Gasteiger partial charge on any atom is 0.341 e. The van der Waals surface area contributed by atoms with Crippen molar-refractivity contribution in [3.8, 4) is 11.5 Å². The number of hydrogen-bond acceptors (Lipinski definition) is 5. The van der Waals surface area contributed by atoms with Crippen LogP contribution in [0, 0.1) is 0 Å². The quantitative estimate of drug-likeness (QED) is 0.477. The van der Waals surface area contributed by atoms with Crippen LogP contribution in [0.2, 0.25) is 5.02 Å². The Morgan fingerprint density at radius 3 is 2.82 bits per heavy atom. The van der Waals surface area contributed by atoms with E-state index in [1.165, 1.54) is 19.2 Å². The number of halogens is 1. The smallest absolute Gasteiger partial charge is 0.341 e. The van der Waals surface area contributed by atoms with Crippen molar-refractivity contribution in [2.24, 2.45) is 5.16 Å². The van der Waals surface area contributed by atoms with Crippen molar-refractivity contribution in [1.82, 2.24) is 0 Å². The summed E-state index contributed by atoms with van der Waals surface area (Å²) in [7, 11) is 1.39. The lowest BCUT2D eigenvalue weighted by atomic mass is 10.2. The predicted molar refractivity (Wildman–Crippen MR) is 60.5 cm³/mol. The Hall–Kier alpha value is -1.95. The Morgan fingerprint density at radius 2 is 2.29 bits per heavy atom. The highest BCUT2D eigenvalue weighted by Gasteiger charge is 2.12. The first-order chi connectivity index (χ1) is 8.08. The summed E-state index contributed by atoms with van der Waals surface area (Å²) in [5.41, 5.74) is 0.497. The zero-order valence-electron chi connectivity index (χ0n) is 8.88. The highest BCUT2D eigenvalue weighted by Crippen LogP contribution is 2.35. The molecule has 0 aromatic heterocycles. The second-order valence-corrected chi connectivity index (χ2v) is 3.37. The van der Waals surface area contributed by atoms with Crippen LogP contribution in [0.25, 0.3) is 0 Å². The van der Waals surface area contributed by atoms with Gasteiger partial charge in [-0.25, -0.2) is 4.79 Å². The number of carboxylic acid groups (broad SMARTS) is 1. The van der Waals surface area contributed by atoms with Crippen molar-refractivity contribution in [1.29, 1.82) is 0 Å². The van der Waals surface area contributed by atoms with Gasteiger partial charge in [-0.15, -0.1) is 0 Å². The summed E-state index contributed by atoms with van der Waals surface area (Å²) in [6, 6.07) is 2.96. The zero-order valence-corrected chi connectivity index (χ0v) is 9.64. The van der Waals surface area contributed by atoms with Crippen LogP contribution in [0.1, 0.15) is 5.56 Å². The molecule has 0 spiro atoms. The number of carbonyl (C=O) groups is 1. The molecule has 92 valence electrons. The third-order valence-corrected chi connectivity index (χ3v) is 2.08. The second kappa shape index (κ2) is 5.95. The van der Waals surface area contributed by atoms with E-state index in [9.17, 15) is 4.79 Å². The van der Waals surface area contributed by atoms with E-state index in [1.54, 1.807) is 0 Å². The molecule has 0 heterocycles. The molecule has 0 saturated heterocycles. The van der Waals surface area contributed by atoms with Gasteiger partial charge in [-0.05, 0) is 12.1 Å². The monoisotopic (exact) mass is 259 g/mol. The number of ether oxygens (including phenoxy) is 2. The number of nitrogens with zero attached hydrogens (tertiary/aromatic N) is 1. The second-order valence-electron chi connectivity index (χ2n) is 2.96. The van der Waals surface area contributed by atoms with Crippen molar-refractivity contribution < 1.29 is 24.6 Å². The lowest BCUT2D eigenvalue weighted by Gasteiger charge is -2.11. The Kier molecular flexibility index (Phi) is 4.59. The van der Waals surface area contributed by atoms with Gasteiger partial charge >= 0.3 is 5.97 Å². The van der Waals surface area contributed by atoms with E-state index in [1.807, 2.05) is 0 Å². The minimum Gasteiger partial charge on any atom is -0.493 e. The van der Waals surface area contributed by atoms with Crippen molar-refractivity contribution in [2.45, 2.75) is 0 Å². The Morgan fingerprint density at radius 1 is 1.59 bits per heavy atom. The summed E-state index contributed by atoms with van der Waals surface area (Å²) in [5.74, 6) is -0.732. The summed E-state index contributed by atoms with van der Waals surface area (Å²) in [6.07, 6.45) is 1.16. The summed E-state index contributed by atoms with van der Waals surface area (Å²) < 4.78 is 9.99. The van der Waals surface area contributed by atoms with Crippen LogP contribution in [0.15, 0.2) is 17.3 Å². The van der Waals surface area contributed by atoms with Gasteiger partial charge in [-0.1, -0.05) is 16.8 Å². The van der Waals surface area contributed by atoms with Gasteiger partial charge in [0.25, 0.3) is 0 Å². The highest BCUT2D eigenvalue weighted by atomic mass is 35.5. The van der Waals surface area contributed by atoms with Gasteiger partial charge in [0, 0.05) is 5.56 Å². The molecule has 17 heavy (non-hydrogen) atoms. The summed E-state index contributed by atoms with van der Waals surface area (Å²) in [5, 5.41) is 19.9. The van der Waals surface area contributed by atoms with Crippen LogP contribution < -0.4 is 9.47 Å². The fourth-order valence-electron chi connectivity index (χ4n) is 1.15. The summed E-state index contributed by atoms with van der Waals surface area (Å²) in [4.78, 5) is 10.4. The van der Waals surface area contributed by atoms with Crippen LogP contribution in [-0.2, 0) is 4.79 Å². The number of oxime groups is 1. The van der Waals surface area contributed by atoms with Crippen molar-refractivity contribution >= 4 is 23.8 Å². The number of benzene rings is 1. The molecule has 1 aromatic rings. The first kappa shape index (κ1) is 13.1. The van der Waals surface area contributed by atoms with Gasteiger partial charge in [0.05, 0.1) is 18.3 Å². The molecule has 0 aliphatic heterocycles. The van der Waals surface area contributed by atoms with E-state index in [-0.39, 0.29) is 16.5 Å². The first-order valence-electron chi connectivity index (χ1n) is 4.48. The minimum absolute atomic E-state index is 0.131. The number of aliphatic carboxylic acids is 1. The lowest BCUT2D eigenvalue weighted by Crippen LogP contribution is -2.10. The fraction of sp³-hybridized carbons (Fsp3) is 0.200. The molecule has 0 fully saturated rings. The van der Waals surface area contributed by atoms with Crippen LogP contribution in [0.3, 0.4) is 0 Å². The molecule has 0 bridgehead atoms. The van der Waals surface area contributed by atoms with Gasteiger partial charge in [0.1, 0.15) is 0 Å². The van der Waals surface area contributed by atoms with E-state index in [0.717, 1.165) is 6.21 Å². The van der Waals surface area contributed by atoms with Gasteiger partial charge in [0.15, 0.2) is 18.1 Å². The Bertz CT molecular complexity index is 447. The van der Waals surface area contributed by atoms with Gasteiger partial charge < -0.3 is 19.8 Å². The van der Waals surface area contributed by atoms with Crippen molar-refractivity contribution in [2.75, 3.05) is 13.7 Å². The molecule has 0 aliphatic carbocycles. The molecule has 2 N–H and O–H groups in total. The molecule has 7 heteroatoms. The van der Waals surface area contributed by atoms with Gasteiger partial charge in [-0.3, -0.25) is 0 Å². The van der Waals surface area contributed by atoms with Crippen LogP contribution in [0.4, 0.5) is 0 Å². The Labute approximate surface area is 102 Å². The number of rotatable bonds is 5. The highest BCUT2D eigenvalue weighted by molar-refractivity contribution is 6.32. The molecule has 0 atom stereocenters. The number of carboxylic acids is 1. The molecular weight excluding hydrogens is 250 g/mol. The number of hydrogen-bond donors (Lipinski definition) is 2. The topological polar surface area (TPSA) is 88.4 Å². The van der Waals surface area contributed by atoms with E-state index < -0.39 is 12.6 Å². The van der Waals surface area contributed by atoms with Crippen LogP contribution >= 0.6 is 11.6 Å². The first-order valence-corrected chi connectivity index (χ1v) is 4.85. The van der Waals surface area contributed by atoms with Crippen LogP contribution in [-0.4, -0.2) is 36.2 Å². The van der Waals surface area contributed by atoms with Crippen LogP contribution in [0.5, 0.6) is 11.5 Å². The standard InChI is InChI=1S/C10H10ClNO5/c1-16-8-3-6(4-12-15)2-7(11)10(8)17-5-9(13)14/h2-4,15H,5H2,1H3,(H,13,14)/b12-4-. The minimum atomic E-state index is -1.12. The average molecular weight is 260 g/mol. The molecular formula is C10H10ClNO5. The molecule has 1 aromatic carbocycles. The lowest BCUT2D eigenvalue weighted by molar-refractivity contribution is -0.139. The predicted octanol–water partition coefficient (Wildman–Crippen LogP) is 1.62. The van der Waals surface area contributed by atoms with Crippen molar-refractivity contribution in [3.63, 3.8) is 0 Å². The van der Waals surface area contributed by atoms with E-state index in [2.05, 4.69) is 5.16 Å². The molecule has 0 unspecified atom stereocenters. The fourth-order valence-corrected chi connectivity index (χ4v) is 1.43. The van der Waals surface area contributed by atoms with Crippen molar-refractivity contribution in [3.05, 3.63) is 22.7 Å². The molecule has 0 radical (unpaired) electrons. The SMILES string of the molecule is COc1cc(/C=N\O)cc(Cl)c1OCC(=O)O. The molecule has 0 aliphatic rings. The molecule has 1 rings (SSSR count). The summed E-state index contributed by atoms with van der Waals surface area (Å²) >= 11 is 5.89. The Balaban J connectivity index is 3.07. The maximum absolute atomic E-state index is 10.4. The van der Waals surface area contributed by atoms with Gasteiger partial charge in [0.2, 0.25) is 0 Å². The molecule has 6 nitrogen and oxygen atoms in total. The number of methoxy groups -OCH3 is 1. The zero-order chi connectivity index (χ0) is 12.8. The molecule has 0 saturated carbocycles.